The van der Waals surface area contributed by atoms with Gasteiger partial charge in [-0.2, -0.15) is 0 Å². The van der Waals surface area contributed by atoms with Crippen LogP contribution in [0, 0.1) is 0 Å². The molecule has 186 valence electrons. The van der Waals surface area contributed by atoms with Gasteiger partial charge in [0.2, 0.25) is 5.95 Å². The highest BCUT2D eigenvalue weighted by Crippen LogP contribution is 2.46. The molecule has 3 N–H and O–H groups in total. The van der Waals surface area contributed by atoms with Gasteiger partial charge in [0.15, 0.2) is 0 Å². The Hall–Kier alpha value is -3.01. The van der Waals surface area contributed by atoms with E-state index in [2.05, 4.69) is 15.3 Å². The van der Waals surface area contributed by atoms with E-state index in [9.17, 15) is 15.0 Å². The van der Waals surface area contributed by atoms with Gasteiger partial charge in [-0.25, -0.2) is 14.8 Å². The zero-order chi connectivity index (χ0) is 25.5. The van der Waals surface area contributed by atoms with E-state index < -0.39 is 17.7 Å². The number of aliphatic hydroxyl groups is 1. The molecule has 0 unspecified atom stereocenters. The second-order valence-corrected chi connectivity index (χ2v) is 9.69. The number of nitrogens with one attached hydrogen (secondary N) is 1. The number of likely N-dealkylation sites (tertiary alicyclic amines) is 1. The van der Waals surface area contributed by atoms with E-state index in [1.165, 1.54) is 19.1 Å². The quantitative estimate of drug-likeness (QED) is 0.419. The monoisotopic (exact) mass is 520 g/mol. The summed E-state index contributed by atoms with van der Waals surface area (Å²) in [5.41, 5.74) is 0.835. The van der Waals surface area contributed by atoms with Crippen LogP contribution in [0.25, 0.3) is 22.0 Å². The third-order valence-corrected chi connectivity index (χ3v) is 6.89. The number of nitrogens with zero attached hydrogens (tertiary/aromatic N) is 3. The lowest BCUT2D eigenvalue weighted by Crippen LogP contribution is -2.47. The van der Waals surface area contributed by atoms with Crippen LogP contribution in [0.2, 0.25) is 10.0 Å². The summed E-state index contributed by atoms with van der Waals surface area (Å²) in [5.74, 6) is 1.25. The average molecular weight is 521 g/mol. The molecular weight excluding hydrogens is 495 g/mol. The number of aromatic nitrogens is 2. The number of rotatable bonds is 6. The van der Waals surface area contributed by atoms with E-state index in [-0.39, 0.29) is 12.6 Å². The number of amides is 1. The van der Waals surface area contributed by atoms with E-state index in [4.69, 9.17) is 32.7 Å². The predicted octanol–water partition coefficient (Wildman–Crippen LogP) is 4.92. The fourth-order valence-corrected chi connectivity index (χ4v) is 5.12. The topological polar surface area (TPSA) is 117 Å². The van der Waals surface area contributed by atoms with Crippen LogP contribution in [0.3, 0.4) is 0 Å². The Morgan fingerprint density at radius 3 is 2.37 bits per heavy atom. The maximum atomic E-state index is 11.6. The summed E-state index contributed by atoms with van der Waals surface area (Å²) in [6.07, 6.45) is 1.04. The minimum Gasteiger partial charge on any atom is -0.495 e. The minimum absolute atomic E-state index is 0.221. The number of benzene rings is 2. The van der Waals surface area contributed by atoms with Crippen molar-refractivity contribution in [2.75, 3.05) is 26.1 Å². The minimum atomic E-state index is -1.17. The third-order valence-electron chi connectivity index (χ3n) is 6.14. The lowest BCUT2D eigenvalue weighted by Gasteiger charge is -2.31. The predicted molar refractivity (Wildman–Crippen MR) is 135 cm³/mol. The number of anilines is 1. The molecule has 2 aromatic carbocycles. The zero-order valence-corrected chi connectivity index (χ0v) is 21.2. The Morgan fingerprint density at radius 2 is 1.83 bits per heavy atom. The molecule has 2 heterocycles. The molecule has 35 heavy (non-hydrogen) atoms. The molecule has 1 aromatic heterocycles. The Balaban J connectivity index is 1.62. The molecule has 3 aromatic rings. The lowest BCUT2D eigenvalue weighted by molar-refractivity contribution is 0.00183. The largest absolute Gasteiger partial charge is 0.495 e. The first-order chi connectivity index (χ1) is 16.5. The summed E-state index contributed by atoms with van der Waals surface area (Å²) in [7, 11) is 3.04. The second-order valence-electron chi connectivity index (χ2n) is 8.93. The summed E-state index contributed by atoms with van der Waals surface area (Å²) in [5, 5.41) is 24.6. The van der Waals surface area contributed by atoms with Gasteiger partial charge in [0.05, 0.1) is 41.4 Å². The number of methoxy groups -OCH3 is 2. The first-order valence-electron chi connectivity index (χ1n) is 10.9. The molecule has 0 spiro atoms. The van der Waals surface area contributed by atoms with Crippen LogP contribution < -0.4 is 14.8 Å². The molecule has 9 nitrogen and oxygen atoms in total. The molecule has 0 saturated carbocycles. The van der Waals surface area contributed by atoms with E-state index in [0.717, 1.165) is 10.9 Å². The van der Waals surface area contributed by atoms with Crippen molar-refractivity contribution in [3.8, 4) is 22.6 Å². The van der Waals surface area contributed by atoms with Crippen LogP contribution in [0.1, 0.15) is 20.3 Å². The molecular formula is C24H26Cl2N4O5. The summed E-state index contributed by atoms with van der Waals surface area (Å²) >= 11 is 13.1. The first-order valence-corrected chi connectivity index (χ1v) is 11.6. The molecule has 1 aliphatic rings. The smallest absolute Gasteiger partial charge is 0.407 e. The SMILES string of the molecule is COc1cc(OC)c(Cl)c(-c2ccc3nc(N[C@@H]4C[C@H](C(C)(C)O)N(C(=O)O)C4)ncc3c2)c1Cl. The number of fused-ring (bicyclic) bond motifs is 1. The van der Waals surface area contributed by atoms with E-state index in [1.807, 2.05) is 18.2 Å². The van der Waals surface area contributed by atoms with Gasteiger partial charge in [-0.3, -0.25) is 0 Å². The Bertz CT molecular complexity index is 1250. The van der Waals surface area contributed by atoms with Crippen molar-refractivity contribution < 1.29 is 24.5 Å². The van der Waals surface area contributed by atoms with Crippen LogP contribution in [0.4, 0.5) is 10.7 Å². The molecule has 0 bridgehead atoms. The number of halogens is 2. The molecule has 11 heteroatoms. The van der Waals surface area contributed by atoms with Gasteiger partial charge >= 0.3 is 6.09 Å². The van der Waals surface area contributed by atoms with Crippen molar-refractivity contribution in [3.63, 3.8) is 0 Å². The van der Waals surface area contributed by atoms with Gasteiger partial charge in [-0.05, 0) is 38.0 Å². The van der Waals surface area contributed by atoms with Crippen LogP contribution in [-0.2, 0) is 0 Å². The highest BCUT2D eigenvalue weighted by atomic mass is 35.5. The average Bonchev–Trinajstić information content (AvgIpc) is 3.24. The first kappa shape index (κ1) is 25.1. The van der Waals surface area contributed by atoms with Gasteiger partial charge in [0, 0.05) is 35.8 Å². The van der Waals surface area contributed by atoms with Gasteiger partial charge in [-0.15, -0.1) is 0 Å². The van der Waals surface area contributed by atoms with Gasteiger partial charge in [0.25, 0.3) is 0 Å². The van der Waals surface area contributed by atoms with Crippen LogP contribution in [-0.4, -0.2) is 69.6 Å². The van der Waals surface area contributed by atoms with E-state index >= 15 is 0 Å². The molecule has 2 atom stereocenters. The molecule has 0 radical (unpaired) electrons. The molecule has 1 aliphatic heterocycles. The summed E-state index contributed by atoms with van der Waals surface area (Å²) in [6, 6.07) is 6.41. The second kappa shape index (κ2) is 9.56. The molecule has 1 fully saturated rings. The molecule has 1 saturated heterocycles. The van der Waals surface area contributed by atoms with Crippen LogP contribution >= 0.6 is 23.2 Å². The maximum Gasteiger partial charge on any atom is 0.407 e. The normalized spacial score (nSPS) is 18.1. The fraction of sp³-hybridized carbons (Fsp3) is 0.375. The highest BCUT2D eigenvalue weighted by molar-refractivity contribution is 6.41. The number of carbonyl (C=O) groups is 1. The number of ether oxygens (including phenoxy) is 2. The standard InChI is InChI=1S/C24H26Cl2N4O5/c1-24(2,33)18-8-14(11-30(18)23(31)32)28-22-27-10-13-7-12(5-6-15(13)29-22)19-20(25)16(34-3)9-17(35-4)21(19)26/h5-7,9-10,14,18,33H,8,11H2,1-4H3,(H,31,32)(H,27,28,29)/t14-,18-/m1/s1. The van der Waals surface area contributed by atoms with Crippen molar-refractivity contribution in [1.82, 2.24) is 14.9 Å². The molecule has 0 aliphatic carbocycles. The molecule has 4 rings (SSSR count). The van der Waals surface area contributed by atoms with E-state index in [1.54, 1.807) is 26.1 Å². The van der Waals surface area contributed by atoms with Crippen molar-refractivity contribution >= 4 is 46.1 Å². The van der Waals surface area contributed by atoms with Crippen molar-refractivity contribution in [3.05, 3.63) is 40.5 Å². The van der Waals surface area contributed by atoms with E-state index in [0.29, 0.717) is 45.0 Å². The fourth-order valence-electron chi connectivity index (χ4n) is 4.40. The third kappa shape index (κ3) is 4.89. The number of carboxylic acid groups (broad SMARTS) is 1. The zero-order valence-electron chi connectivity index (χ0n) is 19.7. The van der Waals surface area contributed by atoms with Crippen molar-refractivity contribution in [2.45, 2.75) is 38.0 Å². The maximum absolute atomic E-state index is 11.6. The lowest BCUT2D eigenvalue weighted by atomic mass is 9.96. The number of hydrogen-bond acceptors (Lipinski definition) is 7. The number of hydrogen-bond donors (Lipinski definition) is 3. The summed E-state index contributed by atoms with van der Waals surface area (Å²) in [6.45, 7) is 3.44. The van der Waals surface area contributed by atoms with Gasteiger partial charge in [0.1, 0.15) is 11.5 Å². The van der Waals surface area contributed by atoms with Gasteiger partial charge < -0.3 is 29.9 Å². The van der Waals surface area contributed by atoms with Crippen LogP contribution in [0.5, 0.6) is 11.5 Å². The Labute approximate surface area is 212 Å². The van der Waals surface area contributed by atoms with Crippen molar-refractivity contribution in [1.29, 1.82) is 0 Å². The highest BCUT2D eigenvalue weighted by Gasteiger charge is 2.43. The molecule has 1 amide bonds. The Kier molecular flexibility index (Phi) is 6.86. The van der Waals surface area contributed by atoms with Crippen molar-refractivity contribution in [2.24, 2.45) is 0 Å². The van der Waals surface area contributed by atoms with Crippen LogP contribution in [0.15, 0.2) is 30.5 Å². The van der Waals surface area contributed by atoms with Gasteiger partial charge in [-0.1, -0.05) is 29.3 Å². The summed E-state index contributed by atoms with van der Waals surface area (Å²) < 4.78 is 10.7. The summed E-state index contributed by atoms with van der Waals surface area (Å²) in [4.78, 5) is 21.9. The Morgan fingerprint density at radius 1 is 1.17 bits per heavy atom.